The molecule has 0 amide bonds. The van der Waals surface area contributed by atoms with Gasteiger partial charge in [-0.15, -0.1) is 0 Å². The van der Waals surface area contributed by atoms with Crippen LogP contribution in [0.2, 0.25) is 0 Å². The van der Waals surface area contributed by atoms with Crippen molar-refractivity contribution in [2.45, 2.75) is 9.79 Å². The molecule has 114 valence electrons. The van der Waals surface area contributed by atoms with Crippen LogP contribution in [-0.4, -0.2) is 55.5 Å². The maximum absolute atomic E-state index is 11.2. The van der Waals surface area contributed by atoms with Crippen molar-refractivity contribution in [3.63, 3.8) is 0 Å². The van der Waals surface area contributed by atoms with Gasteiger partial charge in [0.05, 0.1) is 0 Å². The van der Waals surface area contributed by atoms with E-state index in [9.17, 15) is 16.8 Å². The normalized spacial score (nSPS) is 11.5. The first-order valence-corrected chi connectivity index (χ1v) is 8.38. The summed E-state index contributed by atoms with van der Waals surface area (Å²) >= 11 is 0. The van der Waals surface area contributed by atoms with Crippen LogP contribution in [0.5, 0.6) is 11.5 Å². The second kappa shape index (κ2) is 7.09. The number of para-hydroxylation sites is 2. The SMILES string of the molecule is O=S(=O)(O)c1ccccc1Oc1ccccc1S(=O)(=O)O.[NaH]. The van der Waals surface area contributed by atoms with Crippen LogP contribution in [0.25, 0.3) is 0 Å². The summed E-state index contributed by atoms with van der Waals surface area (Å²) in [7, 11) is -9.08. The van der Waals surface area contributed by atoms with Gasteiger partial charge in [0.25, 0.3) is 20.2 Å². The summed E-state index contributed by atoms with van der Waals surface area (Å²) in [5.74, 6) is -0.535. The van der Waals surface area contributed by atoms with E-state index in [1.165, 1.54) is 36.4 Å². The van der Waals surface area contributed by atoms with Gasteiger partial charge in [0.15, 0.2) is 0 Å². The van der Waals surface area contributed by atoms with Gasteiger partial charge in [-0.25, -0.2) is 0 Å². The second-order valence-corrected chi connectivity index (χ2v) is 6.73. The fraction of sp³-hybridized carbons (Fsp3) is 0. The van der Waals surface area contributed by atoms with Crippen LogP contribution < -0.4 is 4.74 Å². The van der Waals surface area contributed by atoms with Gasteiger partial charge >= 0.3 is 29.6 Å². The Morgan fingerprint density at radius 1 is 0.682 bits per heavy atom. The van der Waals surface area contributed by atoms with Crippen molar-refractivity contribution < 1.29 is 30.7 Å². The minimum absolute atomic E-state index is 0. The molecule has 2 aromatic carbocycles. The summed E-state index contributed by atoms with van der Waals surface area (Å²) in [6, 6.07) is 10.3. The van der Waals surface area contributed by atoms with Crippen molar-refractivity contribution in [3.8, 4) is 11.5 Å². The molecule has 0 radical (unpaired) electrons. The molecule has 0 unspecified atom stereocenters. The molecule has 2 aromatic rings. The third-order valence-electron chi connectivity index (χ3n) is 2.47. The van der Waals surface area contributed by atoms with Gasteiger partial charge in [-0.1, -0.05) is 24.3 Å². The Bertz CT molecular complexity index is 802. The van der Waals surface area contributed by atoms with E-state index in [0.29, 0.717) is 0 Å². The monoisotopic (exact) mass is 354 g/mol. The Labute approximate surface area is 149 Å². The summed E-state index contributed by atoms with van der Waals surface area (Å²) in [4.78, 5) is -1.04. The van der Waals surface area contributed by atoms with E-state index in [2.05, 4.69) is 0 Å². The van der Waals surface area contributed by atoms with Crippen molar-refractivity contribution in [2.24, 2.45) is 0 Å². The number of rotatable bonds is 4. The van der Waals surface area contributed by atoms with Gasteiger partial charge in [-0.05, 0) is 24.3 Å². The summed E-state index contributed by atoms with van der Waals surface area (Å²) in [5, 5.41) is 0. The van der Waals surface area contributed by atoms with Crippen LogP contribution in [0, 0.1) is 0 Å². The molecule has 22 heavy (non-hydrogen) atoms. The molecule has 0 aliphatic heterocycles. The molecule has 0 saturated carbocycles. The first-order valence-electron chi connectivity index (χ1n) is 5.50. The van der Waals surface area contributed by atoms with Crippen LogP contribution in [-0.2, 0) is 20.2 Å². The molecule has 0 bridgehead atoms. The molecule has 0 atom stereocenters. The molecular weight excluding hydrogens is 343 g/mol. The van der Waals surface area contributed by atoms with Gasteiger partial charge in [-0.3, -0.25) is 9.11 Å². The van der Waals surface area contributed by atoms with Gasteiger partial charge in [0.2, 0.25) is 0 Å². The Kier molecular flexibility index (Phi) is 6.16. The van der Waals surface area contributed by atoms with Gasteiger partial charge in [0, 0.05) is 0 Å². The van der Waals surface area contributed by atoms with E-state index in [0.717, 1.165) is 12.1 Å². The Morgan fingerprint density at radius 3 is 1.32 bits per heavy atom. The van der Waals surface area contributed by atoms with Crippen molar-refractivity contribution in [3.05, 3.63) is 48.5 Å². The second-order valence-electron chi connectivity index (χ2n) is 3.95. The van der Waals surface area contributed by atoms with E-state index in [1.807, 2.05) is 0 Å². The van der Waals surface area contributed by atoms with Crippen LogP contribution in [0.15, 0.2) is 58.3 Å². The predicted molar refractivity (Wildman–Crippen MR) is 79.7 cm³/mol. The fourth-order valence-electron chi connectivity index (χ4n) is 1.61. The standard InChI is InChI=1S/C12H10O7S2.Na.H/c13-20(14,15)11-7-3-1-5-9(11)19-10-6-2-4-8-12(10)21(16,17)18;;/h1-8H,(H,13,14,15)(H,16,17,18);;. The topological polar surface area (TPSA) is 118 Å². The summed E-state index contributed by atoms with van der Waals surface area (Å²) in [6.45, 7) is 0. The molecular formula is C12H11NaO7S2. The zero-order valence-corrected chi connectivity index (χ0v) is 12.0. The van der Waals surface area contributed by atoms with Crippen LogP contribution in [0.1, 0.15) is 0 Å². The molecule has 2 N–H and O–H groups in total. The van der Waals surface area contributed by atoms with E-state index in [-0.39, 0.29) is 41.1 Å². The maximum atomic E-state index is 11.2. The fourth-order valence-corrected chi connectivity index (χ4v) is 2.84. The summed E-state index contributed by atoms with van der Waals surface area (Å²) < 4.78 is 68.4. The molecule has 0 aromatic heterocycles. The van der Waals surface area contributed by atoms with E-state index < -0.39 is 30.0 Å². The molecule has 2 rings (SSSR count). The molecule has 0 aliphatic rings. The zero-order chi connectivity index (χ0) is 15.7. The van der Waals surface area contributed by atoms with Crippen LogP contribution in [0.3, 0.4) is 0 Å². The first-order chi connectivity index (χ1) is 9.69. The minimum atomic E-state index is -4.54. The zero-order valence-electron chi connectivity index (χ0n) is 10.4. The van der Waals surface area contributed by atoms with E-state index in [1.54, 1.807) is 0 Å². The Morgan fingerprint density at radius 2 is 1.00 bits per heavy atom. The predicted octanol–water partition coefficient (Wildman–Crippen LogP) is 1.32. The van der Waals surface area contributed by atoms with Gasteiger partial charge in [-0.2, -0.15) is 16.8 Å². The van der Waals surface area contributed by atoms with Crippen molar-refractivity contribution in [1.29, 1.82) is 0 Å². The van der Waals surface area contributed by atoms with Gasteiger partial charge < -0.3 is 4.74 Å². The Hall–Kier alpha value is -0.940. The number of benzene rings is 2. The van der Waals surface area contributed by atoms with E-state index >= 15 is 0 Å². The van der Waals surface area contributed by atoms with Gasteiger partial charge in [0.1, 0.15) is 21.3 Å². The molecule has 0 aliphatic carbocycles. The number of hydrogen-bond donors (Lipinski definition) is 2. The number of ether oxygens (including phenoxy) is 1. The molecule has 0 spiro atoms. The summed E-state index contributed by atoms with van der Waals surface area (Å²) in [5.41, 5.74) is 0. The van der Waals surface area contributed by atoms with Crippen LogP contribution >= 0.6 is 0 Å². The van der Waals surface area contributed by atoms with E-state index in [4.69, 9.17) is 13.8 Å². The van der Waals surface area contributed by atoms with Crippen molar-refractivity contribution in [1.82, 2.24) is 0 Å². The Balaban J connectivity index is 0.00000242. The molecule has 7 nitrogen and oxygen atoms in total. The van der Waals surface area contributed by atoms with Crippen LogP contribution in [0.4, 0.5) is 0 Å². The van der Waals surface area contributed by atoms with Crippen molar-refractivity contribution >= 4 is 49.8 Å². The molecule has 0 saturated heterocycles. The molecule has 10 heteroatoms. The quantitative estimate of drug-likeness (QED) is 0.628. The molecule has 0 heterocycles. The number of hydrogen-bond acceptors (Lipinski definition) is 5. The average Bonchev–Trinajstić information content (AvgIpc) is 2.37. The first kappa shape index (κ1) is 19.1. The third-order valence-corrected chi connectivity index (χ3v) is 4.26. The van der Waals surface area contributed by atoms with Crippen molar-refractivity contribution in [2.75, 3.05) is 0 Å². The average molecular weight is 354 g/mol. The third kappa shape index (κ3) is 4.53. The summed E-state index contributed by atoms with van der Waals surface area (Å²) in [6.07, 6.45) is 0. The molecule has 0 fully saturated rings.